The molecule has 0 unspecified atom stereocenters. The average molecular weight is 742 g/mol. The van der Waals surface area contributed by atoms with E-state index >= 15 is 0 Å². The van der Waals surface area contributed by atoms with Gasteiger partial charge in [-0.15, -0.1) is 0 Å². The van der Waals surface area contributed by atoms with Crippen molar-refractivity contribution in [2.75, 3.05) is 4.90 Å². The second-order valence-electron chi connectivity index (χ2n) is 19.6. The molecule has 2 aliphatic carbocycles. The number of rotatable bonds is 5. The lowest BCUT2D eigenvalue weighted by molar-refractivity contribution is 0.590. The van der Waals surface area contributed by atoms with Crippen molar-refractivity contribution >= 4 is 17.1 Å². The van der Waals surface area contributed by atoms with Gasteiger partial charge >= 0.3 is 0 Å². The van der Waals surface area contributed by atoms with Crippen LogP contribution in [-0.2, 0) is 21.7 Å². The van der Waals surface area contributed by atoms with Gasteiger partial charge in [0, 0.05) is 27.9 Å². The van der Waals surface area contributed by atoms with Crippen LogP contribution in [-0.4, -0.2) is 0 Å². The maximum Gasteiger partial charge on any atom is 0.0473 e. The molecule has 284 valence electrons. The van der Waals surface area contributed by atoms with Crippen LogP contribution in [0.4, 0.5) is 17.1 Å². The highest BCUT2D eigenvalue weighted by Gasteiger charge is 2.37. The first-order valence-corrected chi connectivity index (χ1v) is 20.7. The summed E-state index contributed by atoms with van der Waals surface area (Å²) in [6, 6.07) is 57.8. The molecule has 0 fully saturated rings. The smallest absolute Gasteiger partial charge is 0.0473 e. The Balaban J connectivity index is 1.26. The van der Waals surface area contributed by atoms with Gasteiger partial charge in [0.15, 0.2) is 0 Å². The number of hydrogen-bond donors (Lipinski definition) is 0. The van der Waals surface area contributed by atoms with Gasteiger partial charge in [0.1, 0.15) is 0 Å². The summed E-state index contributed by atoms with van der Waals surface area (Å²) in [6.07, 6.45) is 0. The van der Waals surface area contributed by atoms with Crippen LogP contribution < -0.4 is 4.90 Å². The molecule has 0 atom stereocenters. The lowest BCUT2D eigenvalue weighted by Gasteiger charge is -2.29. The van der Waals surface area contributed by atoms with Crippen LogP contribution in [0.2, 0.25) is 0 Å². The van der Waals surface area contributed by atoms with Gasteiger partial charge in [-0.25, -0.2) is 0 Å². The van der Waals surface area contributed by atoms with Crippen molar-refractivity contribution in [1.29, 1.82) is 0 Å². The monoisotopic (exact) mass is 741 g/mol. The highest BCUT2D eigenvalue weighted by atomic mass is 15.1. The molecular weight excluding hydrogens is 687 g/mol. The third-order valence-corrected chi connectivity index (χ3v) is 13.0. The molecule has 0 radical (unpaired) electrons. The van der Waals surface area contributed by atoms with Crippen molar-refractivity contribution < 1.29 is 0 Å². The summed E-state index contributed by atoms with van der Waals surface area (Å²) < 4.78 is 0. The molecule has 0 aliphatic heterocycles. The first-order chi connectivity index (χ1) is 27.0. The number of nitrogens with zero attached hydrogens (tertiary/aromatic N) is 1. The summed E-state index contributed by atoms with van der Waals surface area (Å²) in [5.41, 5.74) is 21.9. The molecule has 0 saturated carbocycles. The number of fused-ring (bicyclic) bond motifs is 6. The first kappa shape index (κ1) is 36.9. The summed E-state index contributed by atoms with van der Waals surface area (Å²) >= 11 is 0. The number of hydrogen-bond acceptors (Lipinski definition) is 1. The summed E-state index contributed by atoms with van der Waals surface area (Å²) in [6.45, 7) is 23.2. The van der Waals surface area contributed by atoms with Crippen LogP contribution in [0.3, 0.4) is 0 Å². The van der Waals surface area contributed by atoms with E-state index < -0.39 is 0 Å². The van der Waals surface area contributed by atoms with E-state index in [4.69, 9.17) is 0 Å². The normalized spacial score (nSPS) is 14.8. The van der Waals surface area contributed by atoms with Crippen molar-refractivity contribution in [3.63, 3.8) is 0 Å². The van der Waals surface area contributed by atoms with E-state index in [0.29, 0.717) is 0 Å². The van der Waals surface area contributed by atoms with E-state index in [-0.39, 0.29) is 21.7 Å². The van der Waals surface area contributed by atoms with Gasteiger partial charge in [-0.2, -0.15) is 0 Å². The van der Waals surface area contributed by atoms with Crippen molar-refractivity contribution in [3.8, 4) is 44.5 Å². The second kappa shape index (κ2) is 12.9. The van der Waals surface area contributed by atoms with Crippen molar-refractivity contribution in [1.82, 2.24) is 0 Å². The molecule has 0 bridgehead atoms. The Morgan fingerprint density at radius 3 is 1.09 bits per heavy atom. The Kier molecular flexibility index (Phi) is 8.38. The zero-order valence-electron chi connectivity index (χ0n) is 35.4. The zero-order chi connectivity index (χ0) is 40.1. The van der Waals surface area contributed by atoms with E-state index in [1.54, 1.807) is 0 Å². The average Bonchev–Trinajstić information content (AvgIpc) is 3.56. The standard InChI is InChI=1S/C56H55N/c1-53(2,3)40-21-25-42(26-22-40)57(43-27-23-41(24-28-43)54(4,5)6)44-32-38(36-19-29-47-45-15-11-13-17-49(45)55(7,8)51(47)34-36)31-39(33-44)37-20-30-48-46-16-12-14-18-50(46)56(9,10)52(48)35-37/h11-35H,1-10H3. The van der Waals surface area contributed by atoms with Crippen molar-refractivity contribution in [2.45, 2.75) is 90.9 Å². The summed E-state index contributed by atoms with van der Waals surface area (Å²) in [5.74, 6) is 0. The van der Waals surface area contributed by atoms with Crippen LogP contribution in [0.15, 0.2) is 152 Å². The SMILES string of the molecule is CC(C)(C)c1ccc(N(c2ccc(C(C)(C)C)cc2)c2cc(-c3ccc4c(c3)C(C)(C)c3ccccc3-4)cc(-c3ccc4c(c3)C(C)(C)c3ccccc3-4)c2)cc1. The Hall–Kier alpha value is -5.66. The van der Waals surface area contributed by atoms with E-state index in [1.165, 1.54) is 77.9 Å². The Labute approximate surface area is 341 Å². The number of benzene rings is 7. The molecule has 0 N–H and O–H groups in total. The minimum Gasteiger partial charge on any atom is -0.310 e. The van der Waals surface area contributed by atoms with Crippen molar-refractivity contribution in [2.24, 2.45) is 0 Å². The lowest BCUT2D eigenvalue weighted by Crippen LogP contribution is -2.15. The quantitative estimate of drug-likeness (QED) is 0.170. The van der Waals surface area contributed by atoms with Crippen LogP contribution in [0.5, 0.6) is 0 Å². The molecule has 7 aromatic rings. The molecule has 1 heteroatoms. The fraction of sp³-hybridized carbons (Fsp3) is 0.250. The Bertz CT molecular complexity index is 2490. The van der Waals surface area contributed by atoms with Crippen LogP contribution in [0.1, 0.15) is 103 Å². The fourth-order valence-electron chi connectivity index (χ4n) is 9.51. The summed E-state index contributed by atoms with van der Waals surface area (Å²) in [4.78, 5) is 2.45. The Morgan fingerprint density at radius 1 is 0.333 bits per heavy atom. The summed E-state index contributed by atoms with van der Waals surface area (Å²) in [5, 5.41) is 0. The van der Waals surface area contributed by atoms with Crippen molar-refractivity contribution in [3.05, 3.63) is 185 Å². The minimum absolute atomic E-state index is 0.0623. The molecule has 2 aliphatic rings. The minimum atomic E-state index is -0.0847. The first-order valence-electron chi connectivity index (χ1n) is 20.7. The second-order valence-corrected chi connectivity index (χ2v) is 19.6. The zero-order valence-corrected chi connectivity index (χ0v) is 35.4. The van der Waals surface area contributed by atoms with Crippen LogP contribution in [0.25, 0.3) is 44.5 Å². The third kappa shape index (κ3) is 6.15. The van der Waals surface area contributed by atoms with E-state index in [1.807, 2.05) is 0 Å². The predicted molar refractivity (Wildman–Crippen MR) is 245 cm³/mol. The maximum absolute atomic E-state index is 2.46. The van der Waals surface area contributed by atoms with Gasteiger partial charge in [-0.05, 0) is 143 Å². The van der Waals surface area contributed by atoms with Gasteiger partial charge in [0.25, 0.3) is 0 Å². The van der Waals surface area contributed by atoms with Gasteiger partial charge in [-0.1, -0.05) is 166 Å². The molecule has 57 heavy (non-hydrogen) atoms. The molecule has 0 amide bonds. The fourth-order valence-corrected chi connectivity index (χ4v) is 9.51. The molecule has 9 rings (SSSR count). The van der Waals surface area contributed by atoms with Crippen LogP contribution in [0, 0.1) is 0 Å². The van der Waals surface area contributed by atoms with Gasteiger partial charge in [-0.3, -0.25) is 0 Å². The third-order valence-electron chi connectivity index (χ3n) is 13.0. The molecule has 0 spiro atoms. The van der Waals surface area contributed by atoms with Gasteiger partial charge < -0.3 is 4.90 Å². The highest BCUT2D eigenvalue weighted by Crippen LogP contribution is 2.52. The molecule has 0 heterocycles. The van der Waals surface area contributed by atoms with E-state index in [9.17, 15) is 0 Å². The predicted octanol–water partition coefficient (Wildman–Crippen LogP) is 15.7. The van der Waals surface area contributed by atoms with Crippen LogP contribution >= 0.6 is 0 Å². The molecule has 1 nitrogen and oxygen atoms in total. The molecule has 7 aromatic carbocycles. The van der Waals surface area contributed by atoms with Gasteiger partial charge in [0.2, 0.25) is 0 Å². The summed E-state index contributed by atoms with van der Waals surface area (Å²) in [7, 11) is 0. The highest BCUT2D eigenvalue weighted by molar-refractivity contribution is 5.89. The topological polar surface area (TPSA) is 3.24 Å². The Morgan fingerprint density at radius 2 is 0.702 bits per heavy atom. The maximum atomic E-state index is 2.46. The largest absolute Gasteiger partial charge is 0.310 e. The van der Waals surface area contributed by atoms with Gasteiger partial charge in [0.05, 0.1) is 0 Å². The molecule has 0 saturated heterocycles. The van der Waals surface area contributed by atoms with E-state index in [0.717, 1.165) is 17.1 Å². The molecular formula is C56H55N. The number of anilines is 3. The van der Waals surface area contributed by atoms with E-state index in [2.05, 4.69) is 226 Å². The molecule has 0 aromatic heterocycles. The lowest BCUT2D eigenvalue weighted by atomic mass is 9.81.